The summed E-state index contributed by atoms with van der Waals surface area (Å²) in [6, 6.07) is 12.0. The first-order chi connectivity index (χ1) is 16.0. The van der Waals surface area contributed by atoms with Crippen LogP contribution in [0, 0.1) is 11.3 Å². The highest BCUT2D eigenvalue weighted by Gasteiger charge is 2.57. The fourth-order valence-electron chi connectivity index (χ4n) is 4.27. The van der Waals surface area contributed by atoms with Crippen molar-refractivity contribution in [3.8, 4) is 11.8 Å². The zero-order chi connectivity index (χ0) is 24.8. The van der Waals surface area contributed by atoms with Gasteiger partial charge in [0.1, 0.15) is 6.04 Å². The first-order valence-electron chi connectivity index (χ1n) is 10.0. The average Bonchev–Trinajstić information content (AvgIpc) is 3.32. The number of amides is 3. The molecule has 2 heterocycles. The molecular weight excluding hydrogens is 451 g/mol. The summed E-state index contributed by atoms with van der Waals surface area (Å²) in [6.45, 7) is 3.16. The number of hydrogen-bond acceptors (Lipinski definition) is 4. The van der Waals surface area contributed by atoms with E-state index in [1.54, 1.807) is 44.2 Å². The van der Waals surface area contributed by atoms with E-state index >= 15 is 0 Å². The molecule has 34 heavy (non-hydrogen) atoms. The van der Waals surface area contributed by atoms with E-state index in [9.17, 15) is 27.9 Å². The third-order valence-corrected chi connectivity index (χ3v) is 5.73. The minimum atomic E-state index is -4.64. The summed E-state index contributed by atoms with van der Waals surface area (Å²) < 4.78 is 41.4. The molecule has 2 aromatic carbocycles. The second-order valence-corrected chi connectivity index (χ2v) is 8.20. The number of benzene rings is 2. The van der Waals surface area contributed by atoms with Crippen LogP contribution in [0.2, 0.25) is 0 Å². The number of hydrogen-bond donors (Lipinski definition) is 1. The third-order valence-electron chi connectivity index (χ3n) is 5.73. The Labute approximate surface area is 192 Å². The molecule has 1 aromatic heterocycles. The monoisotopic (exact) mass is 469 g/mol. The standard InChI is InChI=1S/C23H18F3N5O3/c1-22(2)19(18-10-11-28-31(18)16-8-6-14(13-27)7-9-16)29(21(33)34)20(32)30(22)17-5-3-4-15(12-17)23(24,25)26/h3-12,19H,1-2H3,(H,33,34). The molecule has 0 spiro atoms. The summed E-state index contributed by atoms with van der Waals surface area (Å²) in [5, 5.41) is 23.2. The SMILES string of the molecule is CC1(C)C(c2ccnn2-c2ccc(C#N)cc2)N(C(=O)O)C(=O)N1c1cccc(C(F)(F)F)c1. The first-order valence-corrected chi connectivity index (χ1v) is 10.0. The average molecular weight is 469 g/mol. The molecular formula is C23H18F3N5O3. The van der Waals surface area contributed by atoms with Crippen LogP contribution in [0.5, 0.6) is 0 Å². The highest BCUT2D eigenvalue weighted by molar-refractivity contribution is 6.04. The van der Waals surface area contributed by atoms with Crippen LogP contribution >= 0.6 is 0 Å². The fraction of sp³-hybridized carbons (Fsp3) is 0.217. The molecule has 4 rings (SSSR count). The summed E-state index contributed by atoms with van der Waals surface area (Å²) >= 11 is 0. The van der Waals surface area contributed by atoms with Gasteiger partial charge in [-0.2, -0.15) is 23.5 Å². The molecule has 8 nitrogen and oxygen atoms in total. The van der Waals surface area contributed by atoms with E-state index < -0.39 is 35.4 Å². The van der Waals surface area contributed by atoms with Crippen molar-refractivity contribution >= 4 is 17.8 Å². The van der Waals surface area contributed by atoms with Crippen molar-refractivity contribution in [1.29, 1.82) is 5.26 Å². The van der Waals surface area contributed by atoms with Crippen LogP contribution in [-0.2, 0) is 6.18 Å². The number of aromatic nitrogens is 2. The maximum atomic E-state index is 13.3. The summed E-state index contributed by atoms with van der Waals surface area (Å²) in [5.41, 5.74) is -1.06. The van der Waals surface area contributed by atoms with Gasteiger partial charge in [-0.3, -0.25) is 4.90 Å². The second kappa shape index (κ2) is 7.91. The molecule has 174 valence electrons. The Morgan fingerprint density at radius 3 is 2.38 bits per heavy atom. The van der Waals surface area contributed by atoms with Crippen LogP contribution in [0.4, 0.5) is 28.4 Å². The topological polar surface area (TPSA) is 102 Å². The van der Waals surface area contributed by atoms with E-state index in [1.165, 1.54) is 23.0 Å². The number of imide groups is 1. The molecule has 1 aliphatic rings. The molecule has 11 heteroatoms. The van der Waals surface area contributed by atoms with Gasteiger partial charge >= 0.3 is 18.3 Å². The van der Waals surface area contributed by atoms with Crippen LogP contribution < -0.4 is 4.90 Å². The smallest absolute Gasteiger partial charge is 0.416 e. The Kier molecular flexibility index (Phi) is 5.32. The van der Waals surface area contributed by atoms with Gasteiger partial charge < -0.3 is 5.11 Å². The highest BCUT2D eigenvalue weighted by Crippen LogP contribution is 2.46. The van der Waals surface area contributed by atoms with Gasteiger partial charge in [-0.15, -0.1) is 0 Å². The van der Waals surface area contributed by atoms with Gasteiger partial charge in [-0.05, 0) is 62.4 Å². The van der Waals surface area contributed by atoms with Crippen LogP contribution in [-0.4, -0.2) is 37.5 Å². The maximum Gasteiger partial charge on any atom is 0.416 e. The highest BCUT2D eigenvalue weighted by atomic mass is 19.4. The molecule has 1 N–H and O–H groups in total. The zero-order valence-electron chi connectivity index (χ0n) is 18.0. The number of carboxylic acid groups (broad SMARTS) is 1. The lowest BCUT2D eigenvalue weighted by atomic mass is 9.91. The lowest BCUT2D eigenvalue weighted by Gasteiger charge is -2.34. The number of rotatable bonds is 3. The van der Waals surface area contributed by atoms with Crippen LogP contribution in [0.3, 0.4) is 0 Å². The third kappa shape index (κ3) is 3.63. The summed E-state index contributed by atoms with van der Waals surface area (Å²) in [4.78, 5) is 27.1. The number of carbonyl (C=O) groups excluding carboxylic acids is 1. The molecule has 0 radical (unpaired) electrons. The number of alkyl halides is 3. The predicted octanol–water partition coefficient (Wildman–Crippen LogP) is 5.20. The number of urea groups is 1. The van der Waals surface area contributed by atoms with Crippen molar-refractivity contribution in [1.82, 2.24) is 14.7 Å². The second-order valence-electron chi connectivity index (χ2n) is 8.20. The van der Waals surface area contributed by atoms with E-state index in [1.807, 2.05) is 6.07 Å². The Bertz CT molecular complexity index is 1310. The molecule has 3 aromatic rings. The zero-order valence-corrected chi connectivity index (χ0v) is 18.0. The Morgan fingerprint density at radius 2 is 1.79 bits per heavy atom. The number of carbonyl (C=O) groups is 2. The van der Waals surface area contributed by atoms with Crippen molar-refractivity contribution in [2.45, 2.75) is 31.6 Å². The van der Waals surface area contributed by atoms with E-state index in [0.717, 1.165) is 17.0 Å². The van der Waals surface area contributed by atoms with Gasteiger partial charge in [0.25, 0.3) is 0 Å². The van der Waals surface area contributed by atoms with Gasteiger partial charge in [0, 0.05) is 11.9 Å². The minimum Gasteiger partial charge on any atom is -0.465 e. The van der Waals surface area contributed by atoms with E-state index in [2.05, 4.69) is 5.10 Å². The van der Waals surface area contributed by atoms with Crippen molar-refractivity contribution < 1.29 is 27.9 Å². The molecule has 0 aliphatic carbocycles. The largest absolute Gasteiger partial charge is 0.465 e. The van der Waals surface area contributed by atoms with Crippen molar-refractivity contribution in [2.75, 3.05) is 4.90 Å². The molecule has 1 unspecified atom stereocenters. The summed E-state index contributed by atoms with van der Waals surface area (Å²) in [7, 11) is 0. The van der Waals surface area contributed by atoms with E-state index in [-0.39, 0.29) is 5.69 Å². The minimum absolute atomic E-state index is 0.0805. The number of nitrogens with zero attached hydrogens (tertiary/aromatic N) is 5. The quantitative estimate of drug-likeness (QED) is 0.568. The molecule has 3 amide bonds. The van der Waals surface area contributed by atoms with Gasteiger partial charge in [0.05, 0.1) is 34.1 Å². The predicted molar refractivity (Wildman–Crippen MR) is 114 cm³/mol. The van der Waals surface area contributed by atoms with Crippen LogP contribution in [0.15, 0.2) is 60.8 Å². The van der Waals surface area contributed by atoms with Gasteiger partial charge in [0.15, 0.2) is 0 Å². The van der Waals surface area contributed by atoms with Crippen molar-refractivity contribution in [2.24, 2.45) is 0 Å². The van der Waals surface area contributed by atoms with Gasteiger partial charge in [-0.1, -0.05) is 6.07 Å². The summed E-state index contributed by atoms with van der Waals surface area (Å²) in [6.07, 6.45) is -4.76. The molecule has 1 atom stereocenters. The van der Waals surface area contributed by atoms with Gasteiger partial charge in [0.2, 0.25) is 0 Å². The van der Waals surface area contributed by atoms with E-state index in [4.69, 9.17) is 5.26 Å². The maximum absolute atomic E-state index is 13.3. The van der Waals surface area contributed by atoms with Crippen molar-refractivity contribution in [3.63, 3.8) is 0 Å². The Balaban J connectivity index is 1.85. The van der Waals surface area contributed by atoms with Crippen LogP contribution in [0.1, 0.15) is 36.7 Å². The number of anilines is 1. The van der Waals surface area contributed by atoms with Gasteiger partial charge in [-0.25, -0.2) is 19.2 Å². The number of halogens is 3. The Hall–Kier alpha value is -4.33. The molecule has 1 aliphatic heterocycles. The first kappa shape index (κ1) is 22.8. The lowest BCUT2D eigenvalue weighted by molar-refractivity contribution is -0.137. The molecule has 1 fully saturated rings. The normalized spacial score (nSPS) is 17.6. The fourth-order valence-corrected chi connectivity index (χ4v) is 4.27. The molecule has 0 saturated carbocycles. The Morgan fingerprint density at radius 1 is 1.12 bits per heavy atom. The molecule has 0 bridgehead atoms. The van der Waals surface area contributed by atoms with Crippen molar-refractivity contribution in [3.05, 3.63) is 77.6 Å². The summed E-state index contributed by atoms with van der Waals surface area (Å²) in [5.74, 6) is 0. The molecule has 1 saturated heterocycles. The van der Waals surface area contributed by atoms with Crippen LogP contribution in [0.25, 0.3) is 5.69 Å². The lowest BCUT2D eigenvalue weighted by Crippen LogP contribution is -2.43. The van der Waals surface area contributed by atoms with E-state index in [0.29, 0.717) is 21.8 Å². The number of nitriles is 1.